The minimum Gasteiger partial charge on any atom is -0.489 e. The van der Waals surface area contributed by atoms with Crippen molar-refractivity contribution in [3.63, 3.8) is 0 Å². The van der Waals surface area contributed by atoms with Crippen LogP contribution in [-0.2, 0) is 13.1 Å². The molecule has 3 nitrogen and oxygen atoms in total. The molecule has 1 unspecified atom stereocenters. The number of benzene rings is 2. The predicted octanol–water partition coefficient (Wildman–Crippen LogP) is 4.33. The lowest BCUT2D eigenvalue weighted by molar-refractivity contribution is 0.156. The topological polar surface area (TPSA) is 25.4 Å². The molecule has 0 bridgehead atoms. The van der Waals surface area contributed by atoms with Crippen molar-refractivity contribution in [2.75, 3.05) is 6.54 Å². The summed E-state index contributed by atoms with van der Waals surface area (Å²) in [5.41, 5.74) is 4.93. The molecule has 0 N–H and O–H groups in total. The number of nitrogens with zero attached hydrogens (tertiary/aromatic N) is 2. The van der Waals surface area contributed by atoms with Gasteiger partial charge in [-0.3, -0.25) is 9.88 Å². The van der Waals surface area contributed by atoms with Gasteiger partial charge in [-0.1, -0.05) is 29.8 Å². The van der Waals surface area contributed by atoms with Gasteiger partial charge in [0.1, 0.15) is 11.9 Å². The monoisotopic (exact) mass is 318 g/mol. The zero-order valence-corrected chi connectivity index (χ0v) is 14.2. The van der Waals surface area contributed by atoms with Gasteiger partial charge in [0, 0.05) is 36.8 Å². The maximum Gasteiger partial charge on any atom is 0.124 e. The maximum absolute atomic E-state index is 6.10. The molecule has 0 spiro atoms. The summed E-state index contributed by atoms with van der Waals surface area (Å²) >= 11 is 0. The minimum atomic E-state index is 0.191. The zero-order valence-electron chi connectivity index (χ0n) is 14.2. The van der Waals surface area contributed by atoms with Crippen LogP contribution in [0.4, 0.5) is 0 Å². The smallest absolute Gasteiger partial charge is 0.124 e. The van der Waals surface area contributed by atoms with Crippen molar-refractivity contribution >= 4 is 10.9 Å². The second-order valence-corrected chi connectivity index (χ2v) is 6.74. The molecule has 0 radical (unpaired) electrons. The van der Waals surface area contributed by atoms with E-state index in [1.165, 1.54) is 22.1 Å². The lowest BCUT2D eigenvalue weighted by atomic mass is 10.1. The van der Waals surface area contributed by atoms with Crippen molar-refractivity contribution in [1.82, 2.24) is 9.88 Å². The SMILES string of the molecule is Cc1ccc2c(c1)CN(Cc1ccc3ncccc3c1)CC(C)O2. The first-order chi connectivity index (χ1) is 11.7. The molecule has 0 aliphatic carbocycles. The molecule has 3 aromatic rings. The fourth-order valence-electron chi connectivity index (χ4n) is 3.47. The molecule has 24 heavy (non-hydrogen) atoms. The molecule has 0 saturated heterocycles. The minimum absolute atomic E-state index is 0.191. The van der Waals surface area contributed by atoms with E-state index < -0.39 is 0 Å². The van der Waals surface area contributed by atoms with Crippen LogP contribution in [0.5, 0.6) is 5.75 Å². The molecule has 4 rings (SSSR count). The lowest BCUT2D eigenvalue weighted by Gasteiger charge is -2.22. The van der Waals surface area contributed by atoms with Gasteiger partial charge in [0.2, 0.25) is 0 Å². The van der Waals surface area contributed by atoms with E-state index in [9.17, 15) is 0 Å². The number of pyridine rings is 1. The van der Waals surface area contributed by atoms with Crippen molar-refractivity contribution in [3.8, 4) is 5.75 Å². The van der Waals surface area contributed by atoms with Crippen LogP contribution < -0.4 is 4.74 Å². The Labute approximate surface area is 142 Å². The van der Waals surface area contributed by atoms with Crippen LogP contribution in [0.2, 0.25) is 0 Å². The quantitative estimate of drug-likeness (QED) is 0.703. The summed E-state index contributed by atoms with van der Waals surface area (Å²) in [5.74, 6) is 1.03. The molecule has 0 fully saturated rings. The highest BCUT2D eigenvalue weighted by atomic mass is 16.5. The molecule has 2 aromatic carbocycles. The zero-order chi connectivity index (χ0) is 16.5. The third kappa shape index (κ3) is 3.13. The molecule has 1 atom stereocenters. The molecule has 3 heteroatoms. The number of ether oxygens (including phenoxy) is 1. The van der Waals surface area contributed by atoms with E-state index in [2.05, 4.69) is 66.2 Å². The fraction of sp³-hybridized carbons (Fsp3) is 0.286. The highest BCUT2D eigenvalue weighted by Gasteiger charge is 2.20. The number of aryl methyl sites for hydroxylation is 1. The molecule has 1 aliphatic heterocycles. The molecule has 2 heterocycles. The van der Waals surface area contributed by atoms with Gasteiger partial charge in [-0.2, -0.15) is 0 Å². The van der Waals surface area contributed by atoms with Gasteiger partial charge in [-0.15, -0.1) is 0 Å². The van der Waals surface area contributed by atoms with E-state index in [1.54, 1.807) is 0 Å². The summed E-state index contributed by atoms with van der Waals surface area (Å²) in [7, 11) is 0. The summed E-state index contributed by atoms with van der Waals surface area (Å²) < 4.78 is 6.10. The van der Waals surface area contributed by atoms with Crippen LogP contribution >= 0.6 is 0 Å². The third-order valence-corrected chi connectivity index (χ3v) is 4.53. The highest BCUT2D eigenvalue weighted by molar-refractivity contribution is 5.78. The molecular formula is C21H22N2O. The van der Waals surface area contributed by atoms with Crippen LogP contribution in [-0.4, -0.2) is 22.5 Å². The molecule has 1 aromatic heterocycles. The van der Waals surface area contributed by atoms with Crippen molar-refractivity contribution in [1.29, 1.82) is 0 Å². The van der Waals surface area contributed by atoms with Crippen molar-refractivity contribution < 1.29 is 4.74 Å². The van der Waals surface area contributed by atoms with Crippen LogP contribution in [0.3, 0.4) is 0 Å². The number of aromatic nitrogens is 1. The predicted molar refractivity (Wildman–Crippen MR) is 97.1 cm³/mol. The Morgan fingerprint density at radius 2 is 2.08 bits per heavy atom. The van der Waals surface area contributed by atoms with Gasteiger partial charge < -0.3 is 4.74 Å². The van der Waals surface area contributed by atoms with E-state index >= 15 is 0 Å². The number of fused-ring (bicyclic) bond motifs is 2. The van der Waals surface area contributed by atoms with Gasteiger partial charge in [-0.05, 0) is 43.7 Å². The van der Waals surface area contributed by atoms with Gasteiger partial charge in [0.25, 0.3) is 0 Å². The Morgan fingerprint density at radius 3 is 3.00 bits per heavy atom. The number of rotatable bonds is 2. The first-order valence-electron chi connectivity index (χ1n) is 8.49. The first-order valence-corrected chi connectivity index (χ1v) is 8.49. The van der Waals surface area contributed by atoms with E-state index in [1.807, 2.05) is 12.3 Å². The summed E-state index contributed by atoms with van der Waals surface area (Å²) in [6, 6.07) is 17.1. The Morgan fingerprint density at radius 1 is 1.17 bits per heavy atom. The molecule has 1 aliphatic rings. The fourth-order valence-corrected chi connectivity index (χ4v) is 3.47. The average Bonchev–Trinajstić information content (AvgIpc) is 2.72. The van der Waals surface area contributed by atoms with Crippen LogP contribution in [0.25, 0.3) is 10.9 Å². The molecular weight excluding hydrogens is 296 g/mol. The summed E-state index contributed by atoms with van der Waals surface area (Å²) in [5, 5.41) is 1.20. The Kier molecular flexibility index (Phi) is 3.95. The Bertz CT molecular complexity index is 875. The second-order valence-electron chi connectivity index (χ2n) is 6.74. The van der Waals surface area contributed by atoms with Gasteiger partial charge in [0.15, 0.2) is 0 Å². The number of hydrogen-bond acceptors (Lipinski definition) is 3. The van der Waals surface area contributed by atoms with Crippen LogP contribution in [0.1, 0.15) is 23.6 Å². The lowest BCUT2D eigenvalue weighted by Crippen LogP contribution is -2.30. The van der Waals surface area contributed by atoms with Gasteiger partial charge in [0.05, 0.1) is 5.52 Å². The largest absolute Gasteiger partial charge is 0.489 e. The first kappa shape index (κ1) is 15.2. The summed E-state index contributed by atoms with van der Waals surface area (Å²) in [6.07, 6.45) is 2.03. The number of hydrogen-bond donors (Lipinski definition) is 0. The summed E-state index contributed by atoms with van der Waals surface area (Å²) in [4.78, 5) is 6.87. The van der Waals surface area contributed by atoms with Crippen molar-refractivity contribution in [3.05, 3.63) is 71.4 Å². The third-order valence-electron chi connectivity index (χ3n) is 4.53. The maximum atomic E-state index is 6.10. The molecule has 0 amide bonds. The molecule has 0 saturated carbocycles. The van der Waals surface area contributed by atoms with Crippen molar-refractivity contribution in [2.45, 2.75) is 33.0 Å². The normalized spacial score (nSPS) is 18.0. The van der Waals surface area contributed by atoms with E-state index in [4.69, 9.17) is 4.74 Å². The van der Waals surface area contributed by atoms with E-state index in [-0.39, 0.29) is 6.10 Å². The van der Waals surface area contributed by atoms with E-state index in [0.29, 0.717) is 0 Å². The molecule has 122 valence electrons. The van der Waals surface area contributed by atoms with Crippen molar-refractivity contribution in [2.24, 2.45) is 0 Å². The van der Waals surface area contributed by atoms with Crippen LogP contribution in [0, 0.1) is 6.92 Å². The Balaban J connectivity index is 1.60. The highest BCUT2D eigenvalue weighted by Crippen LogP contribution is 2.27. The standard InChI is InChI=1S/C21H22N2O/c1-15-5-8-21-19(10-15)14-23(12-16(2)24-21)13-17-6-7-20-18(11-17)4-3-9-22-20/h3-11,16H,12-14H2,1-2H3. The average molecular weight is 318 g/mol. The van der Waals surface area contributed by atoms with Gasteiger partial charge >= 0.3 is 0 Å². The van der Waals surface area contributed by atoms with Gasteiger partial charge in [-0.25, -0.2) is 0 Å². The van der Waals surface area contributed by atoms with E-state index in [0.717, 1.165) is 30.9 Å². The second kappa shape index (κ2) is 6.25. The summed E-state index contributed by atoms with van der Waals surface area (Å²) in [6.45, 7) is 7.05. The Hall–Kier alpha value is -2.39. The van der Waals surface area contributed by atoms with Crippen LogP contribution in [0.15, 0.2) is 54.7 Å².